The largest absolute Gasteiger partial charge is 0.445 e. The zero-order valence-corrected chi connectivity index (χ0v) is 26.8. The first-order valence-electron chi connectivity index (χ1n) is 13.7. The van der Waals surface area contributed by atoms with E-state index in [-0.39, 0.29) is 25.2 Å². The number of nitrogens with zero attached hydrogens (tertiary/aromatic N) is 1. The van der Waals surface area contributed by atoms with Crippen LogP contribution in [-0.2, 0) is 27.4 Å². The molecule has 1 aromatic carbocycles. The van der Waals surface area contributed by atoms with Gasteiger partial charge in [-0.1, -0.05) is 44.5 Å². The zero-order chi connectivity index (χ0) is 30.7. The highest BCUT2D eigenvalue weighted by Crippen LogP contribution is 2.18. The number of thioether (sulfide) groups is 1. The molecule has 0 aliphatic rings. The van der Waals surface area contributed by atoms with Crippen molar-refractivity contribution < 1.29 is 23.9 Å². The normalized spacial score (nSPS) is 11.1. The van der Waals surface area contributed by atoms with Crippen molar-refractivity contribution in [3.8, 4) is 0 Å². The van der Waals surface area contributed by atoms with E-state index < -0.39 is 11.7 Å². The van der Waals surface area contributed by atoms with E-state index in [1.807, 2.05) is 35.9 Å². The average Bonchev–Trinajstić information content (AvgIpc) is 3.43. The maximum absolute atomic E-state index is 12.6. The van der Waals surface area contributed by atoms with Crippen LogP contribution in [0, 0.1) is 0 Å². The van der Waals surface area contributed by atoms with Gasteiger partial charge in [-0.2, -0.15) is 0 Å². The van der Waals surface area contributed by atoms with E-state index in [0.717, 1.165) is 34.6 Å². The molecule has 4 N–H and O–H groups in total. The molecule has 9 nitrogen and oxygen atoms in total. The number of unbranched alkanes of at least 4 members (excludes halogenated alkanes) is 1. The monoisotopic (exact) mass is 606 g/mol. The highest BCUT2D eigenvalue weighted by molar-refractivity contribution is 8.02. The number of anilines is 1. The number of nitrogens with one attached hydrogen (secondary N) is 2. The van der Waals surface area contributed by atoms with Crippen molar-refractivity contribution in [1.82, 2.24) is 15.5 Å². The number of benzene rings is 1. The summed E-state index contributed by atoms with van der Waals surface area (Å²) >= 11 is 3.26. The van der Waals surface area contributed by atoms with E-state index >= 15 is 0 Å². The quantitative estimate of drug-likeness (QED) is 0.174. The summed E-state index contributed by atoms with van der Waals surface area (Å²) in [5, 5.41) is 7.22. The van der Waals surface area contributed by atoms with Gasteiger partial charge < -0.3 is 30.7 Å². The molecule has 0 saturated heterocycles. The molecule has 3 amide bonds. The molecule has 228 valence electrons. The lowest BCUT2D eigenvalue weighted by Crippen LogP contribution is -2.42. The molecule has 0 atom stereocenters. The SMILES string of the molecule is CC/C=C(/CN(Cc1cccs1)C(=O)CNC(=O)OC(C)(C)C)SC.CCCCNC(=O)OCc1ccc(N)cc1. The van der Waals surface area contributed by atoms with Crippen LogP contribution in [0.15, 0.2) is 52.8 Å². The van der Waals surface area contributed by atoms with Crippen molar-refractivity contribution in [3.05, 3.63) is 63.2 Å². The highest BCUT2D eigenvalue weighted by atomic mass is 32.2. The van der Waals surface area contributed by atoms with Gasteiger partial charge in [0.2, 0.25) is 5.91 Å². The molecular weight excluding hydrogens is 560 g/mol. The lowest BCUT2D eigenvalue weighted by molar-refractivity contribution is -0.130. The summed E-state index contributed by atoms with van der Waals surface area (Å²) in [4.78, 5) is 39.6. The maximum Gasteiger partial charge on any atom is 0.408 e. The van der Waals surface area contributed by atoms with Gasteiger partial charge in [0, 0.05) is 17.1 Å². The molecule has 0 saturated carbocycles. The van der Waals surface area contributed by atoms with Crippen LogP contribution in [0.1, 0.15) is 64.3 Å². The van der Waals surface area contributed by atoms with Gasteiger partial charge in [0.15, 0.2) is 0 Å². The second-order valence-electron chi connectivity index (χ2n) is 10.1. The van der Waals surface area contributed by atoms with E-state index in [4.69, 9.17) is 15.2 Å². The molecule has 11 heteroatoms. The van der Waals surface area contributed by atoms with Crippen LogP contribution in [0.3, 0.4) is 0 Å². The minimum atomic E-state index is -0.584. The van der Waals surface area contributed by atoms with E-state index in [1.54, 1.807) is 60.9 Å². The number of thiophene rings is 1. The third-order valence-electron chi connectivity index (χ3n) is 5.25. The van der Waals surface area contributed by atoms with Gasteiger partial charge in [0.1, 0.15) is 18.8 Å². The van der Waals surface area contributed by atoms with Gasteiger partial charge in [0.05, 0.1) is 13.1 Å². The Labute approximate surface area is 253 Å². The number of hydrogen-bond donors (Lipinski definition) is 3. The van der Waals surface area contributed by atoms with Crippen LogP contribution < -0.4 is 16.4 Å². The van der Waals surface area contributed by atoms with Gasteiger partial charge in [-0.15, -0.1) is 23.1 Å². The third-order valence-corrected chi connectivity index (χ3v) is 6.93. The van der Waals surface area contributed by atoms with Crippen LogP contribution in [0.4, 0.5) is 15.3 Å². The predicted octanol–water partition coefficient (Wildman–Crippen LogP) is 6.55. The van der Waals surface area contributed by atoms with Crippen molar-refractivity contribution in [2.24, 2.45) is 0 Å². The first-order valence-corrected chi connectivity index (χ1v) is 15.8. The number of nitrogens with two attached hydrogens (primary N) is 1. The Hall–Kier alpha value is -3.18. The molecule has 0 bridgehead atoms. The Bertz CT molecular complexity index is 1070. The number of carbonyl (C=O) groups is 3. The van der Waals surface area contributed by atoms with Crippen LogP contribution in [0.25, 0.3) is 0 Å². The fourth-order valence-electron chi connectivity index (χ4n) is 3.21. The van der Waals surface area contributed by atoms with Crippen molar-refractivity contribution in [2.75, 3.05) is 31.6 Å². The Balaban J connectivity index is 0.000000452. The van der Waals surface area contributed by atoms with Gasteiger partial charge in [-0.3, -0.25) is 4.79 Å². The Morgan fingerprint density at radius 2 is 1.78 bits per heavy atom. The van der Waals surface area contributed by atoms with E-state index in [2.05, 4.69) is 30.6 Å². The molecule has 1 heterocycles. The van der Waals surface area contributed by atoms with Crippen molar-refractivity contribution in [3.63, 3.8) is 0 Å². The van der Waals surface area contributed by atoms with Gasteiger partial charge in [0.25, 0.3) is 0 Å². The lowest BCUT2D eigenvalue weighted by Gasteiger charge is -2.24. The van der Waals surface area contributed by atoms with E-state index in [1.165, 1.54) is 0 Å². The topological polar surface area (TPSA) is 123 Å². The van der Waals surface area contributed by atoms with Crippen LogP contribution in [0.5, 0.6) is 0 Å². The Morgan fingerprint density at radius 1 is 1.07 bits per heavy atom. The summed E-state index contributed by atoms with van der Waals surface area (Å²) in [7, 11) is 0. The number of nitrogen functional groups attached to an aromatic ring is 1. The minimum Gasteiger partial charge on any atom is -0.445 e. The first-order chi connectivity index (χ1) is 19.5. The minimum absolute atomic E-state index is 0.0753. The molecule has 1 aromatic heterocycles. The van der Waals surface area contributed by atoms with Gasteiger partial charge in [-0.25, -0.2) is 9.59 Å². The molecule has 0 spiro atoms. The molecule has 0 radical (unpaired) electrons. The number of allylic oxidation sites excluding steroid dienone is 1. The molecule has 0 fully saturated rings. The first kappa shape index (κ1) is 35.8. The summed E-state index contributed by atoms with van der Waals surface area (Å²) < 4.78 is 10.2. The van der Waals surface area contributed by atoms with Crippen LogP contribution in [0.2, 0.25) is 0 Å². The number of rotatable bonds is 13. The van der Waals surface area contributed by atoms with Crippen LogP contribution in [-0.4, -0.2) is 54.5 Å². The molecule has 0 unspecified atom stereocenters. The fourth-order valence-corrected chi connectivity index (χ4v) is 4.54. The van der Waals surface area contributed by atoms with Crippen molar-refractivity contribution in [1.29, 1.82) is 0 Å². The molecule has 0 aliphatic carbocycles. The number of ether oxygens (including phenoxy) is 2. The maximum atomic E-state index is 12.6. The second kappa shape index (κ2) is 19.8. The summed E-state index contributed by atoms with van der Waals surface area (Å²) in [6.07, 6.45) is 6.13. The highest BCUT2D eigenvalue weighted by Gasteiger charge is 2.20. The van der Waals surface area contributed by atoms with E-state index in [9.17, 15) is 14.4 Å². The summed E-state index contributed by atoms with van der Waals surface area (Å²) in [5.41, 5.74) is 6.60. The summed E-state index contributed by atoms with van der Waals surface area (Å²) in [6, 6.07) is 11.2. The average molecular weight is 607 g/mol. The van der Waals surface area contributed by atoms with Gasteiger partial charge >= 0.3 is 12.2 Å². The number of hydrogen-bond acceptors (Lipinski definition) is 8. The number of alkyl carbamates (subject to hydrolysis) is 2. The molecule has 41 heavy (non-hydrogen) atoms. The molecule has 2 rings (SSSR count). The Kier molecular flexibility index (Phi) is 17.3. The molecule has 2 aromatic rings. The zero-order valence-electron chi connectivity index (χ0n) is 25.2. The van der Waals surface area contributed by atoms with Crippen molar-refractivity contribution >= 4 is 46.9 Å². The third kappa shape index (κ3) is 17.3. The number of carbonyl (C=O) groups excluding carboxylic acids is 3. The molecular formula is C30H46N4O5S2. The standard InChI is InChI=1S/C18H28N2O3S2.C12H18N2O2/c1-6-8-14(24-5)12-20(13-15-9-7-10-25-15)16(21)11-19-17(22)23-18(2,3)4;1-2-3-8-14-12(15)16-9-10-4-6-11(13)7-5-10/h7-10H,6,11-13H2,1-5H3,(H,19,22);4-7H,2-3,8-9,13H2,1H3,(H,14,15)/b14-8-;. The predicted molar refractivity (Wildman–Crippen MR) is 170 cm³/mol. The lowest BCUT2D eigenvalue weighted by atomic mass is 10.2. The summed E-state index contributed by atoms with van der Waals surface area (Å²) in [6.45, 7) is 11.5. The Morgan fingerprint density at radius 3 is 2.34 bits per heavy atom. The van der Waals surface area contributed by atoms with Crippen LogP contribution >= 0.6 is 23.1 Å². The van der Waals surface area contributed by atoms with E-state index in [0.29, 0.717) is 25.3 Å². The fraction of sp³-hybridized carbons (Fsp3) is 0.500. The second-order valence-corrected chi connectivity index (χ2v) is 12.0. The van der Waals surface area contributed by atoms with Crippen molar-refractivity contribution in [2.45, 2.75) is 72.6 Å². The number of amides is 3. The molecule has 0 aliphatic heterocycles. The summed E-state index contributed by atoms with van der Waals surface area (Å²) in [5.74, 6) is -0.129. The van der Waals surface area contributed by atoms with Gasteiger partial charge in [-0.05, 0) is 73.9 Å². The smallest absolute Gasteiger partial charge is 0.408 e.